The quantitative estimate of drug-likeness (QED) is 0.283. The van der Waals surface area contributed by atoms with Gasteiger partial charge in [-0.05, 0) is 70.9 Å². The standard InChI is InChI=1S/C28H27BrN4O3/c1-2-3-16-31(28(35)30-21-11-5-4-10-20(21)29)19-26(34)33-23-13-7-6-12-22(23)32-17-8-14-24(32)27(33)25-15-9-18-36-25/h4-15,17-18,27H,2-3,16,19H2,1H3,(H,30,35). The van der Waals surface area contributed by atoms with E-state index in [4.69, 9.17) is 4.42 Å². The summed E-state index contributed by atoms with van der Waals surface area (Å²) in [4.78, 5) is 30.7. The SMILES string of the molecule is CCCCN(CC(=O)N1c2ccccc2-n2cccc2C1c1ccco1)C(=O)Nc1ccccc1Br. The number of unbranched alkanes of at least 4 members (excludes halogenated alkanes) is 1. The molecule has 36 heavy (non-hydrogen) atoms. The predicted octanol–water partition coefficient (Wildman–Crippen LogP) is 6.60. The van der Waals surface area contributed by atoms with E-state index in [1.807, 2.05) is 79.0 Å². The van der Waals surface area contributed by atoms with Crippen molar-refractivity contribution in [1.82, 2.24) is 9.47 Å². The Morgan fingerprint density at radius 1 is 1.00 bits per heavy atom. The third-order valence-electron chi connectivity index (χ3n) is 6.31. The molecule has 3 heterocycles. The number of carbonyl (C=O) groups excluding carboxylic acids is 2. The molecule has 3 amide bonds. The third-order valence-corrected chi connectivity index (χ3v) is 7.00. The molecular formula is C28H27BrN4O3. The fourth-order valence-electron chi connectivity index (χ4n) is 4.58. The normalized spacial score (nSPS) is 14.2. The van der Waals surface area contributed by atoms with Crippen molar-refractivity contribution in [3.63, 3.8) is 0 Å². The van der Waals surface area contributed by atoms with Gasteiger partial charge < -0.3 is 19.2 Å². The summed E-state index contributed by atoms with van der Waals surface area (Å²) < 4.78 is 8.66. The molecule has 2 aromatic heterocycles. The van der Waals surface area contributed by atoms with Gasteiger partial charge in [0, 0.05) is 17.2 Å². The minimum absolute atomic E-state index is 0.0669. The van der Waals surface area contributed by atoms with Crippen LogP contribution in [0, 0.1) is 0 Å². The van der Waals surface area contributed by atoms with Gasteiger partial charge in [-0.1, -0.05) is 37.6 Å². The first kappa shape index (κ1) is 23.9. The number of nitrogens with zero attached hydrogens (tertiary/aromatic N) is 3. The second kappa shape index (κ2) is 10.5. The van der Waals surface area contributed by atoms with Gasteiger partial charge in [-0.3, -0.25) is 9.69 Å². The average molecular weight is 547 g/mol. The summed E-state index contributed by atoms with van der Waals surface area (Å²) in [6.45, 7) is 2.46. The smallest absolute Gasteiger partial charge is 0.322 e. The van der Waals surface area contributed by atoms with Crippen LogP contribution < -0.4 is 10.2 Å². The van der Waals surface area contributed by atoms with Gasteiger partial charge >= 0.3 is 6.03 Å². The highest BCUT2D eigenvalue weighted by atomic mass is 79.9. The van der Waals surface area contributed by atoms with Crippen molar-refractivity contribution >= 4 is 39.2 Å². The van der Waals surface area contributed by atoms with E-state index < -0.39 is 6.04 Å². The van der Waals surface area contributed by atoms with E-state index in [0.717, 1.165) is 34.4 Å². The zero-order chi connectivity index (χ0) is 25.1. The maximum atomic E-state index is 14.0. The first-order valence-corrected chi connectivity index (χ1v) is 12.8. The van der Waals surface area contributed by atoms with Crippen molar-refractivity contribution in [3.05, 3.63) is 101 Å². The van der Waals surface area contributed by atoms with E-state index in [0.29, 0.717) is 18.0 Å². The maximum Gasteiger partial charge on any atom is 0.322 e. The van der Waals surface area contributed by atoms with Crippen LogP contribution in [0.4, 0.5) is 16.2 Å². The van der Waals surface area contributed by atoms with Crippen LogP contribution in [0.5, 0.6) is 0 Å². The van der Waals surface area contributed by atoms with Crippen molar-refractivity contribution < 1.29 is 14.0 Å². The summed E-state index contributed by atoms with van der Waals surface area (Å²) >= 11 is 3.48. The zero-order valence-electron chi connectivity index (χ0n) is 19.9. The van der Waals surface area contributed by atoms with E-state index in [2.05, 4.69) is 32.7 Å². The van der Waals surface area contributed by atoms with E-state index in [1.54, 1.807) is 16.1 Å². The molecule has 0 radical (unpaired) electrons. The number of halogens is 1. The van der Waals surface area contributed by atoms with Gasteiger partial charge in [-0.15, -0.1) is 0 Å². The molecule has 0 saturated heterocycles. The number of rotatable bonds is 7. The van der Waals surface area contributed by atoms with Gasteiger partial charge in [0.25, 0.3) is 0 Å². The molecule has 0 aliphatic carbocycles. The monoisotopic (exact) mass is 546 g/mol. The number of urea groups is 1. The number of carbonyl (C=O) groups is 2. The number of furan rings is 1. The van der Waals surface area contributed by atoms with E-state index in [9.17, 15) is 9.59 Å². The van der Waals surface area contributed by atoms with Crippen LogP contribution in [-0.4, -0.2) is 34.5 Å². The first-order chi connectivity index (χ1) is 17.6. The van der Waals surface area contributed by atoms with Crippen molar-refractivity contribution in [2.24, 2.45) is 0 Å². The fourth-order valence-corrected chi connectivity index (χ4v) is 4.96. The number of hydrogen-bond acceptors (Lipinski definition) is 3. The molecule has 4 aromatic rings. The molecule has 184 valence electrons. The Kier molecular flexibility index (Phi) is 6.95. The molecule has 1 unspecified atom stereocenters. The molecule has 8 heteroatoms. The van der Waals surface area contributed by atoms with Gasteiger partial charge in [0.2, 0.25) is 5.91 Å². The molecule has 5 rings (SSSR count). The van der Waals surface area contributed by atoms with Crippen molar-refractivity contribution in [2.75, 3.05) is 23.3 Å². The molecule has 1 N–H and O–H groups in total. The molecule has 1 aliphatic heterocycles. The number of nitrogens with one attached hydrogen (secondary N) is 1. The minimum Gasteiger partial charge on any atom is -0.467 e. The summed E-state index contributed by atoms with van der Waals surface area (Å²) in [5, 5.41) is 2.94. The topological polar surface area (TPSA) is 70.7 Å². The van der Waals surface area contributed by atoms with Crippen LogP contribution in [0.25, 0.3) is 5.69 Å². The lowest BCUT2D eigenvalue weighted by molar-refractivity contribution is -0.119. The Bertz CT molecular complexity index is 1360. The van der Waals surface area contributed by atoms with Crippen LogP contribution >= 0.6 is 15.9 Å². The number of anilines is 2. The summed E-state index contributed by atoms with van der Waals surface area (Å²) in [6.07, 6.45) is 5.30. The number of benzene rings is 2. The Labute approximate surface area is 218 Å². The lowest BCUT2D eigenvalue weighted by atomic mass is 10.0. The zero-order valence-corrected chi connectivity index (χ0v) is 21.5. The molecule has 0 fully saturated rings. The number of fused-ring (bicyclic) bond motifs is 3. The minimum atomic E-state index is -0.447. The molecule has 2 aromatic carbocycles. The second-order valence-corrected chi connectivity index (χ2v) is 9.51. The Balaban J connectivity index is 1.48. The highest BCUT2D eigenvalue weighted by Crippen LogP contribution is 2.42. The Morgan fingerprint density at radius 3 is 2.53 bits per heavy atom. The molecule has 1 aliphatic rings. The Hall–Kier alpha value is -3.78. The number of hydrogen-bond donors (Lipinski definition) is 1. The molecular weight excluding hydrogens is 520 g/mol. The molecule has 7 nitrogen and oxygen atoms in total. The van der Waals surface area contributed by atoms with Gasteiger partial charge in [0.15, 0.2) is 0 Å². The lowest BCUT2D eigenvalue weighted by Crippen LogP contribution is -2.48. The number of aromatic nitrogens is 1. The summed E-state index contributed by atoms with van der Waals surface area (Å²) in [6, 6.07) is 22.1. The number of para-hydroxylation sites is 3. The third kappa shape index (κ3) is 4.56. The van der Waals surface area contributed by atoms with Gasteiger partial charge in [0.05, 0.1) is 29.0 Å². The molecule has 0 spiro atoms. The summed E-state index contributed by atoms with van der Waals surface area (Å²) in [5.74, 6) is 0.477. The first-order valence-electron chi connectivity index (χ1n) is 12.0. The van der Waals surface area contributed by atoms with E-state index in [1.165, 1.54) is 0 Å². The van der Waals surface area contributed by atoms with Gasteiger partial charge in [-0.2, -0.15) is 0 Å². The molecule has 1 atom stereocenters. The second-order valence-electron chi connectivity index (χ2n) is 8.66. The van der Waals surface area contributed by atoms with Crippen molar-refractivity contribution in [1.29, 1.82) is 0 Å². The van der Waals surface area contributed by atoms with Crippen molar-refractivity contribution in [2.45, 2.75) is 25.8 Å². The Morgan fingerprint density at radius 2 is 1.78 bits per heavy atom. The molecule has 0 bridgehead atoms. The lowest BCUT2D eigenvalue weighted by Gasteiger charge is -2.38. The fraction of sp³-hybridized carbons (Fsp3) is 0.214. The summed E-state index contributed by atoms with van der Waals surface area (Å²) in [7, 11) is 0. The van der Waals surface area contributed by atoms with Crippen LogP contribution in [0.2, 0.25) is 0 Å². The van der Waals surface area contributed by atoms with Gasteiger partial charge in [0.1, 0.15) is 18.3 Å². The van der Waals surface area contributed by atoms with Crippen LogP contribution in [0.3, 0.4) is 0 Å². The number of amides is 3. The predicted molar refractivity (Wildman–Crippen MR) is 143 cm³/mol. The maximum absolute atomic E-state index is 14.0. The summed E-state index contributed by atoms with van der Waals surface area (Å²) in [5.41, 5.74) is 3.27. The molecule has 0 saturated carbocycles. The highest BCUT2D eigenvalue weighted by Gasteiger charge is 2.38. The van der Waals surface area contributed by atoms with Crippen LogP contribution in [-0.2, 0) is 4.79 Å². The van der Waals surface area contributed by atoms with Crippen LogP contribution in [0.15, 0.2) is 94.1 Å². The van der Waals surface area contributed by atoms with Gasteiger partial charge in [-0.25, -0.2) is 4.79 Å². The highest BCUT2D eigenvalue weighted by molar-refractivity contribution is 9.10. The van der Waals surface area contributed by atoms with E-state index in [-0.39, 0.29) is 18.5 Å². The van der Waals surface area contributed by atoms with Crippen LogP contribution in [0.1, 0.15) is 37.3 Å². The largest absolute Gasteiger partial charge is 0.467 e. The van der Waals surface area contributed by atoms with Crippen molar-refractivity contribution in [3.8, 4) is 5.69 Å². The van der Waals surface area contributed by atoms with E-state index >= 15 is 0 Å². The average Bonchev–Trinajstić information content (AvgIpc) is 3.59.